The van der Waals surface area contributed by atoms with Crippen molar-refractivity contribution in [1.29, 1.82) is 5.26 Å². The van der Waals surface area contributed by atoms with Gasteiger partial charge in [0.1, 0.15) is 17.6 Å². The molecule has 8 nitrogen and oxygen atoms in total. The van der Waals surface area contributed by atoms with Crippen molar-refractivity contribution in [2.45, 2.75) is 13.8 Å². The zero-order chi connectivity index (χ0) is 23.8. The first-order valence-corrected chi connectivity index (χ1v) is 10.5. The van der Waals surface area contributed by atoms with Crippen molar-refractivity contribution in [2.75, 3.05) is 12.4 Å². The van der Waals surface area contributed by atoms with Crippen molar-refractivity contribution in [3.8, 4) is 28.6 Å². The van der Waals surface area contributed by atoms with Gasteiger partial charge in [0.05, 0.1) is 30.4 Å². The molecule has 0 unspecified atom stereocenters. The molecule has 0 atom stereocenters. The van der Waals surface area contributed by atoms with Crippen molar-refractivity contribution >= 4 is 17.3 Å². The summed E-state index contributed by atoms with van der Waals surface area (Å²) >= 11 is 0. The molecule has 0 aliphatic heterocycles. The van der Waals surface area contributed by atoms with Gasteiger partial charge in [-0.25, -0.2) is 13.9 Å². The Hall–Kier alpha value is -4.71. The minimum atomic E-state index is -0.554. The lowest BCUT2D eigenvalue weighted by atomic mass is 10.0. The van der Waals surface area contributed by atoms with E-state index in [1.165, 1.54) is 12.1 Å². The Morgan fingerprint density at radius 3 is 2.68 bits per heavy atom. The normalized spacial score (nSPS) is 10.9. The third-order valence-corrected chi connectivity index (χ3v) is 5.39. The number of halogens is 1. The molecule has 3 heterocycles. The lowest BCUT2D eigenvalue weighted by Crippen LogP contribution is -1.98. The molecule has 9 heteroatoms. The maximum Gasteiger partial charge on any atom is 0.247 e. The number of nitriles is 1. The number of aromatic nitrogens is 5. The highest BCUT2D eigenvalue weighted by Gasteiger charge is 2.14. The summed E-state index contributed by atoms with van der Waals surface area (Å²) in [5, 5.41) is 17.0. The number of aryl methyl sites for hydroxylation is 2. The van der Waals surface area contributed by atoms with Crippen LogP contribution in [0.15, 0.2) is 61.2 Å². The summed E-state index contributed by atoms with van der Waals surface area (Å²) in [7, 11) is 1.61. The van der Waals surface area contributed by atoms with Gasteiger partial charge in [-0.1, -0.05) is 6.07 Å². The molecule has 0 fully saturated rings. The number of imidazole rings is 1. The number of methoxy groups -OCH3 is 1. The molecule has 1 N–H and O–H groups in total. The van der Waals surface area contributed by atoms with Gasteiger partial charge in [0, 0.05) is 29.7 Å². The molecule has 5 aromatic rings. The van der Waals surface area contributed by atoms with Gasteiger partial charge < -0.3 is 14.6 Å². The van der Waals surface area contributed by atoms with E-state index in [9.17, 15) is 9.65 Å². The topological polar surface area (TPSA) is 93.1 Å². The summed E-state index contributed by atoms with van der Waals surface area (Å²) in [5.41, 5.74) is 5.47. The van der Waals surface area contributed by atoms with Crippen LogP contribution in [0.3, 0.4) is 0 Å². The number of pyridine rings is 1. The SMILES string of the molecule is COc1cc(Nc2nc3c(-c4ccc(F)c(C#N)c4)cc(C)cn3n2)ccc1-n1cnc(C)c1. The summed E-state index contributed by atoms with van der Waals surface area (Å²) < 4.78 is 23.0. The highest BCUT2D eigenvalue weighted by molar-refractivity contribution is 5.79. The quantitative estimate of drug-likeness (QED) is 0.404. The number of benzene rings is 2. The molecule has 0 saturated carbocycles. The summed E-state index contributed by atoms with van der Waals surface area (Å²) in [6, 6.07) is 14.0. The van der Waals surface area contributed by atoms with Crippen molar-refractivity contribution in [3.63, 3.8) is 0 Å². The minimum absolute atomic E-state index is 0.0182. The Morgan fingerprint density at radius 2 is 1.94 bits per heavy atom. The Balaban J connectivity index is 1.52. The van der Waals surface area contributed by atoms with Crippen LogP contribution in [0.1, 0.15) is 16.8 Å². The van der Waals surface area contributed by atoms with Crippen molar-refractivity contribution in [1.82, 2.24) is 24.1 Å². The van der Waals surface area contributed by atoms with Crippen LogP contribution < -0.4 is 10.1 Å². The second kappa shape index (κ2) is 8.33. The fourth-order valence-electron chi connectivity index (χ4n) is 3.81. The number of rotatable bonds is 5. The minimum Gasteiger partial charge on any atom is -0.494 e. The monoisotopic (exact) mass is 453 g/mol. The highest BCUT2D eigenvalue weighted by Crippen LogP contribution is 2.30. The molecule has 0 saturated heterocycles. The number of ether oxygens (including phenoxy) is 1. The molecule has 0 bridgehead atoms. The van der Waals surface area contributed by atoms with Crippen LogP contribution in [-0.4, -0.2) is 31.3 Å². The molecule has 0 spiro atoms. The molecule has 5 rings (SSSR count). The van der Waals surface area contributed by atoms with Crippen molar-refractivity contribution in [3.05, 3.63) is 83.8 Å². The van der Waals surface area contributed by atoms with E-state index in [2.05, 4.69) is 20.4 Å². The van der Waals surface area contributed by atoms with E-state index in [0.717, 1.165) is 28.2 Å². The molecule has 0 aliphatic rings. The average molecular weight is 453 g/mol. The maximum atomic E-state index is 13.8. The van der Waals surface area contributed by atoms with E-state index in [1.54, 1.807) is 24.0 Å². The van der Waals surface area contributed by atoms with E-state index in [-0.39, 0.29) is 5.56 Å². The molecular weight excluding hydrogens is 433 g/mol. The van der Waals surface area contributed by atoms with Gasteiger partial charge in [-0.3, -0.25) is 0 Å². The number of nitrogens with zero attached hydrogens (tertiary/aromatic N) is 6. The predicted molar refractivity (Wildman–Crippen MR) is 126 cm³/mol. The summed E-state index contributed by atoms with van der Waals surface area (Å²) in [6.07, 6.45) is 5.52. The first-order chi connectivity index (χ1) is 16.4. The summed E-state index contributed by atoms with van der Waals surface area (Å²) in [4.78, 5) is 8.92. The molecule has 0 radical (unpaired) electrons. The van der Waals surface area contributed by atoms with Crippen LogP contribution in [0.2, 0.25) is 0 Å². The van der Waals surface area contributed by atoms with Crippen LogP contribution in [0.5, 0.6) is 5.75 Å². The molecule has 0 aliphatic carbocycles. The predicted octanol–water partition coefficient (Wildman–Crippen LogP) is 4.96. The molecule has 0 amide bonds. The third-order valence-electron chi connectivity index (χ3n) is 5.39. The number of hydrogen-bond acceptors (Lipinski definition) is 6. The standard InChI is InChI=1S/C25H20FN7O/c1-15-8-20(17-4-6-21(26)18(9-17)11-27)24-30-25(31-33(24)12-15)29-19-5-7-22(23(10-19)34-3)32-13-16(2)28-14-32/h4-10,12-14H,1-3H3,(H,29,31). The lowest BCUT2D eigenvalue weighted by Gasteiger charge is -2.11. The van der Waals surface area contributed by atoms with E-state index < -0.39 is 5.82 Å². The van der Waals surface area contributed by atoms with Crippen LogP contribution in [0.25, 0.3) is 22.5 Å². The van der Waals surface area contributed by atoms with Crippen LogP contribution >= 0.6 is 0 Å². The van der Waals surface area contributed by atoms with Crippen molar-refractivity contribution in [2.24, 2.45) is 0 Å². The molecular formula is C25H20FN7O. The lowest BCUT2D eigenvalue weighted by molar-refractivity contribution is 0.413. The smallest absolute Gasteiger partial charge is 0.247 e. The highest BCUT2D eigenvalue weighted by atomic mass is 19.1. The second-order valence-electron chi connectivity index (χ2n) is 7.88. The number of anilines is 2. The van der Waals surface area contributed by atoms with E-state index in [0.29, 0.717) is 22.9 Å². The Labute approximate surface area is 194 Å². The Bertz CT molecular complexity index is 1580. The number of fused-ring (bicyclic) bond motifs is 1. The Kier molecular flexibility index (Phi) is 5.18. The number of hydrogen-bond donors (Lipinski definition) is 1. The second-order valence-corrected chi connectivity index (χ2v) is 7.88. The Morgan fingerprint density at radius 1 is 1.09 bits per heavy atom. The third kappa shape index (κ3) is 3.82. The van der Waals surface area contributed by atoms with Crippen molar-refractivity contribution < 1.29 is 9.13 Å². The molecule has 168 valence electrons. The van der Waals surface area contributed by atoms with Crippen LogP contribution in [0.4, 0.5) is 16.0 Å². The van der Waals surface area contributed by atoms with Crippen LogP contribution in [-0.2, 0) is 0 Å². The molecule has 34 heavy (non-hydrogen) atoms. The van der Waals surface area contributed by atoms with Gasteiger partial charge in [0.15, 0.2) is 5.65 Å². The van der Waals surface area contributed by atoms with Gasteiger partial charge in [0.2, 0.25) is 5.95 Å². The van der Waals surface area contributed by atoms with E-state index >= 15 is 0 Å². The fourth-order valence-corrected chi connectivity index (χ4v) is 3.81. The van der Waals surface area contributed by atoms with Crippen LogP contribution in [0, 0.1) is 31.0 Å². The fraction of sp³-hybridized carbons (Fsp3) is 0.120. The van der Waals surface area contributed by atoms with Gasteiger partial charge in [0.25, 0.3) is 0 Å². The molecule has 3 aromatic heterocycles. The zero-order valence-electron chi connectivity index (χ0n) is 18.7. The van der Waals surface area contributed by atoms with Gasteiger partial charge in [-0.05, 0) is 55.3 Å². The summed E-state index contributed by atoms with van der Waals surface area (Å²) in [5.74, 6) is 0.503. The maximum absolute atomic E-state index is 13.8. The van der Waals surface area contributed by atoms with Gasteiger partial charge >= 0.3 is 0 Å². The first kappa shape index (κ1) is 21.2. The van der Waals surface area contributed by atoms with Gasteiger partial charge in [-0.15, -0.1) is 5.10 Å². The van der Waals surface area contributed by atoms with E-state index in [4.69, 9.17) is 4.74 Å². The van der Waals surface area contributed by atoms with E-state index in [1.807, 2.05) is 61.1 Å². The average Bonchev–Trinajstić information content (AvgIpc) is 3.44. The summed E-state index contributed by atoms with van der Waals surface area (Å²) in [6.45, 7) is 3.87. The largest absolute Gasteiger partial charge is 0.494 e. The first-order valence-electron chi connectivity index (χ1n) is 10.5. The van der Waals surface area contributed by atoms with Gasteiger partial charge in [-0.2, -0.15) is 10.2 Å². The zero-order valence-corrected chi connectivity index (χ0v) is 18.7. The molecule has 2 aromatic carbocycles. The number of nitrogens with one attached hydrogen (secondary N) is 1.